The predicted octanol–water partition coefficient (Wildman–Crippen LogP) is 2.82. The van der Waals surface area contributed by atoms with Crippen LogP contribution in [0.25, 0.3) is 0 Å². The molecule has 0 aliphatic heterocycles. The van der Waals surface area contributed by atoms with Crippen molar-refractivity contribution in [2.45, 2.75) is 6.54 Å². The second kappa shape index (κ2) is 7.35. The highest BCUT2D eigenvalue weighted by molar-refractivity contribution is 7.80. The van der Waals surface area contributed by atoms with Crippen LogP contribution in [0.2, 0.25) is 0 Å². The zero-order valence-electron chi connectivity index (χ0n) is 10.7. The number of nitrogens with one attached hydrogen (secondary N) is 2. The van der Waals surface area contributed by atoms with Gasteiger partial charge in [0.15, 0.2) is 5.11 Å². The zero-order valence-corrected chi connectivity index (χ0v) is 11.5. The van der Waals surface area contributed by atoms with E-state index in [-0.39, 0.29) is 5.82 Å². The molecule has 20 heavy (non-hydrogen) atoms. The minimum Gasteiger partial charge on any atom is -0.357 e. The lowest BCUT2D eigenvalue weighted by molar-refractivity contribution is 0.628. The molecule has 0 saturated heterocycles. The van der Waals surface area contributed by atoms with E-state index < -0.39 is 0 Å². The highest BCUT2D eigenvalue weighted by atomic mass is 32.1. The van der Waals surface area contributed by atoms with E-state index in [9.17, 15) is 4.39 Å². The highest BCUT2D eigenvalue weighted by Crippen LogP contribution is 1.99. The van der Waals surface area contributed by atoms with Crippen molar-refractivity contribution in [2.24, 2.45) is 5.10 Å². The summed E-state index contributed by atoms with van der Waals surface area (Å²) in [5, 5.41) is 7.46. The lowest BCUT2D eigenvalue weighted by atomic mass is 10.2. The number of hydrogen-bond donors (Lipinski definition) is 2. The molecular weight excluding hydrogens is 273 g/mol. The molecule has 0 heterocycles. The third-order valence-electron chi connectivity index (χ3n) is 2.55. The second-order valence-corrected chi connectivity index (χ2v) is 4.50. The first-order valence-corrected chi connectivity index (χ1v) is 6.51. The van der Waals surface area contributed by atoms with Crippen LogP contribution in [0.4, 0.5) is 4.39 Å². The van der Waals surface area contributed by atoms with Gasteiger partial charge in [0.1, 0.15) is 5.82 Å². The molecule has 0 atom stereocenters. The number of nitrogens with zero attached hydrogens (tertiary/aromatic N) is 1. The van der Waals surface area contributed by atoms with E-state index in [0.29, 0.717) is 11.7 Å². The molecule has 102 valence electrons. The molecule has 5 heteroatoms. The molecule has 0 aliphatic rings. The van der Waals surface area contributed by atoms with Gasteiger partial charge in [-0.25, -0.2) is 4.39 Å². The van der Waals surface area contributed by atoms with E-state index in [1.807, 2.05) is 30.3 Å². The molecule has 2 aromatic rings. The SMILES string of the molecule is Fc1ccc(/C=N/NC(=S)NCc2ccccc2)cc1. The van der Waals surface area contributed by atoms with Gasteiger partial charge in [0.25, 0.3) is 0 Å². The molecule has 0 unspecified atom stereocenters. The van der Waals surface area contributed by atoms with Gasteiger partial charge in [-0.05, 0) is 35.5 Å². The van der Waals surface area contributed by atoms with E-state index >= 15 is 0 Å². The van der Waals surface area contributed by atoms with Gasteiger partial charge in [-0.3, -0.25) is 5.43 Å². The monoisotopic (exact) mass is 287 g/mol. The minimum atomic E-state index is -0.268. The molecule has 3 nitrogen and oxygen atoms in total. The maximum absolute atomic E-state index is 12.7. The summed E-state index contributed by atoms with van der Waals surface area (Å²) < 4.78 is 12.7. The number of hydrazone groups is 1. The Hall–Kier alpha value is -2.27. The molecule has 0 aromatic heterocycles. The molecule has 0 radical (unpaired) electrons. The van der Waals surface area contributed by atoms with Crippen LogP contribution in [0.1, 0.15) is 11.1 Å². The van der Waals surface area contributed by atoms with Crippen molar-refractivity contribution in [3.05, 3.63) is 71.5 Å². The van der Waals surface area contributed by atoms with Gasteiger partial charge in [0.2, 0.25) is 0 Å². The fraction of sp³-hybridized carbons (Fsp3) is 0.0667. The standard InChI is InChI=1S/C15H14FN3S/c16-14-8-6-13(7-9-14)11-18-19-15(20)17-10-12-4-2-1-3-5-12/h1-9,11H,10H2,(H2,17,19,20)/b18-11+. The highest BCUT2D eigenvalue weighted by Gasteiger charge is 1.94. The summed E-state index contributed by atoms with van der Waals surface area (Å²) >= 11 is 5.09. The van der Waals surface area contributed by atoms with Crippen molar-refractivity contribution >= 4 is 23.5 Å². The number of hydrogen-bond acceptors (Lipinski definition) is 2. The van der Waals surface area contributed by atoms with Crippen molar-refractivity contribution in [2.75, 3.05) is 0 Å². The van der Waals surface area contributed by atoms with Crippen LogP contribution >= 0.6 is 12.2 Å². The van der Waals surface area contributed by atoms with Crippen LogP contribution in [0, 0.1) is 5.82 Å². The van der Waals surface area contributed by atoms with Crippen molar-refractivity contribution in [3.8, 4) is 0 Å². The Kier molecular flexibility index (Phi) is 5.20. The second-order valence-electron chi connectivity index (χ2n) is 4.09. The Morgan fingerprint density at radius 3 is 2.50 bits per heavy atom. The lowest BCUT2D eigenvalue weighted by Crippen LogP contribution is -2.31. The van der Waals surface area contributed by atoms with Gasteiger partial charge in [-0.1, -0.05) is 42.5 Å². The molecule has 0 fully saturated rings. The lowest BCUT2D eigenvalue weighted by Gasteiger charge is -2.06. The smallest absolute Gasteiger partial charge is 0.187 e. The summed E-state index contributed by atoms with van der Waals surface area (Å²) in [6.07, 6.45) is 1.58. The van der Waals surface area contributed by atoms with Gasteiger partial charge < -0.3 is 5.32 Å². The average Bonchev–Trinajstić information content (AvgIpc) is 2.48. The number of rotatable bonds is 4. The van der Waals surface area contributed by atoms with Gasteiger partial charge in [0, 0.05) is 6.54 Å². The Morgan fingerprint density at radius 1 is 1.10 bits per heavy atom. The van der Waals surface area contributed by atoms with E-state index in [1.165, 1.54) is 12.1 Å². The van der Waals surface area contributed by atoms with Crippen LogP contribution in [-0.2, 0) is 6.54 Å². The minimum absolute atomic E-state index is 0.268. The number of benzene rings is 2. The molecule has 0 aliphatic carbocycles. The summed E-state index contributed by atoms with van der Waals surface area (Å²) in [6, 6.07) is 16.0. The Balaban J connectivity index is 1.76. The molecular formula is C15H14FN3S. The maximum Gasteiger partial charge on any atom is 0.187 e. The predicted molar refractivity (Wildman–Crippen MR) is 83.0 cm³/mol. The third-order valence-corrected chi connectivity index (χ3v) is 2.78. The number of thiocarbonyl (C=S) groups is 1. The third kappa shape index (κ3) is 4.78. The first kappa shape index (κ1) is 14.1. The maximum atomic E-state index is 12.7. The largest absolute Gasteiger partial charge is 0.357 e. The first-order chi connectivity index (χ1) is 9.74. The van der Waals surface area contributed by atoms with Crippen LogP contribution < -0.4 is 10.7 Å². The first-order valence-electron chi connectivity index (χ1n) is 6.10. The molecule has 0 saturated carbocycles. The Morgan fingerprint density at radius 2 is 1.80 bits per heavy atom. The van der Waals surface area contributed by atoms with Crippen LogP contribution in [0.3, 0.4) is 0 Å². The van der Waals surface area contributed by atoms with Gasteiger partial charge in [-0.2, -0.15) is 5.10 Å². The summed E-state index contributed by atoms with van der Waals surface area (Å²) in [5.41, 5.74) is 4.65. The van der Waals surface area contributed by atoms with E-state index in [0.717, 1.165) is 11.1 Å². The summed E-state index contributed by atoms with van der Waals surface area (Å²) in [4.78, 5) is 0. The topological polar surface area (TPSA) is 36.4 Å². The molecule has 0 amide bonds. The van der Waals surface area contributed by atoms with Crippen LogP contribution in [0.5, 0.6) is 0 Å². The Bertz CT molecular complexity index is 582. The summed E-state index contributed by atoms with van der Waals surface area (Å²) in [6.45, 7) is 0.638. The van der Waals surface area contributed by atoms with E-state index in [2.05, 4.69) is 15.8 Å². The normalized spacial score (nSPS) is 10.4. The molecule has 0 spiro atoms. The summed E-state index contributed by atoms with van der Waals surface area (Å²) in [5.74, 6) is -0.268. The van der Waals surface area contributed by atoms with Crippen LogP contribution in [0.15, 0.2) is 59.7 Å². The van der Waals surface area contributed by atoms with Crippen molar-refractivity contribution in [1.29, 1.82) is 0 Å². The molecule has 2 aromatic carbocycles. The van der Waals surface area contributed by atoms with E-state index in [1.54, 1.807) is 18.3 Å². The van der Waals surface area contributed by atoms with E-state index in [4.69, 9.17) is 12.2 Å². The fourth-order valence-electron chi connectivity index (χ4n) is 1.53. The van der Waals surface area contributed by atoms with Gasteiger partial charge in [-0.15, -0.1) is 0 Å². The van der Waals surface area contributed by atoms with Crippen molar-refractivity contribution in [1.82, 2.24) is 10.7 Å². The molecule has 0 bridgehead atoms. The Labute approximate surface area is 122 Å². The van der Waals surface area contributed by atoms with Crippen LogP contribution in [-0.4, -0.2) is 11.3 Å². The average molecular weight is 287 g/mol. The molecule has 2 N–H and O–H groups in total. The number of halogens is 1. The van der Waals surface area contributed by atoms with Crippen molar-refractivity contribution in [3.63, 3.8) is 0 Å². The summed E-state index contributed by atoms with van der Waals surface area (Å²) in [7, 11) is 0. The van der Waals surface area contributed by atoms with Gasteiger partial charge in [0.05, 0.1) is 6.21 Å². The fourth-order valence-corrected chi connectivity index (χ4v) is 1.66. The van der Waals surface area contributed by atoms with Gasteiger partial charge >= 0.3 is 0 Å². The molecule has 2 rings (SSSR count). The zero-order chi connectivity index (χ0) is 14.2. The quantitative estimate of drug-likeness (QED) is 0.516. The van der Waals surface area contributed by atoms with Crippen molar-refractivity contribution < 1.29 is 4.39 Å².